The first-order valence-corrected chi connectivity index (χ1v) is 7.55. The molecule has 0 heterocycles. The van der Waals surface area contributed by atoms with Gasteiger partial charge < -0.3 is 10.1 Å². The van der Waals surface area contributed by atoms with Crippen LogP contribution in [0.1, 0.15) is 21.5 Å². The summed E-state index contributed by atoms with van der Waals surface area (Å²) in [5.74, 6) is -0.111. The Morgan fingerprint density at radius 1 is 1.24 bits per heavy atom. The van der Waals surface area contributed by atoms with E-state index in [2.05, 4.69) is 21.2 Å². The van der Waals surface area contributed by atoms with Gasteiger partial charge in [-0.2, -0.15) is 0 Å². The minimum absolute atomic E-state index is 0.111. The molecule has 4 heteroatoms. The standard InChI is InChI=1S/C17H18BrNO2/c1-12-7-8-14(11-15(12)18)17(20)19-16-6-4-3-5-13(16)9-10-21-2/h3-8,11H,9-10H2,1-2H3,(H,19,20). The van der Waals surface area contributed by atoms with Crippen molar-refractivity contribution in [1.82, 2.24) is 0 Å². The van der Waals surface area contributed by atoms with Crippen LogP contribution in [0, 0.1) is 6.92 Å². The lowest BCUT2D eigenvalue weighted by molar-refractivity contribution is 0.102. The zero-order chi connectivity index (χ0) is 15.2. The average Bonchev–Trinajstić information content (AvgIpc) is 2.49. The van der Waals surface area contributed by atoms with Gasteiger partial charge in [0.1, 0.15) is 0 Å². The number of carbonyl (C=O) groups is 1. The van der Waals surface area contributed by atoms with Crippen LogP contribution < -0.4 is 5.32 Å². The summed E-state index contributed by atoms with van der Waals surface area (Å²) in [4.78, 5) is 12.3. The molecule has 0 unspecified atom stereocenters. The second-order valence-corrected chi connectivity index (χ2v) is 5.67. The molecule has 0 radical (unpaired) electrons. The molecule has 0 fully saturated rings. The van der Waals surface area contributed by atoms with E-state index in [9.17, 15) is 4.79 Å². The Balaban J connectivity index is 2.17. The monoisotopic (exact) mass is 347 g/mol. The van der Waals surface area contributed by atoms with Crippen LogP contribution in [0.25, 0.3) is 0 Å². The maximum atomic E-state index is 12.3. The zero-order valence-electron chi connectivity index (χ0n) is 12.2. The third kappa shape index (κ3) is 4.16. The molecule has 21 heavy (non-hydrogen) atoms. The molecule has 0 saturated carbocycles. The molecule has 0 saturated heterocycles. The van der Waals surface area contributed by atoms with Gasteiger partial charge in [-0.3, -0.25) is 4.79 Å². The highest BCUT2D eigenvalue weighted by atomic mass is 79.9. The van der Waals surface area contributed by atoms with Crippen LogP contribution in [0.5, 0.6) is 0 Å². The van der Waals surface area contributed by atoms with Crippen LogP contribution in [-0.4, -0.2) is 19.6 Å². The molecule has 0 aliphatic carbocycles. The Morgan fingerprint density at radius 3 is 2.71 bits per heavy atom. The predicted octanol–water partition coefficient (Wildman–Crippen LogP) is 4.20. The smallest absolute Gasteiger partial charge is 0.255 e. The van der Waals surface area contributed by atoms with Crippen molar-refractivity contribution in [1.29, 1.82) is 0 Å². The summed E-state index contributed by atoms with van der Waals surface area (Å²) < 4.78 is 6.03. The van der Waals surface area contributed by atoms with Gasteiger partial charge in [0.2, 0.25) is 0 Å². The van der Waals surface area contributed by atoms with Crippen molar-refractivity contribution in [2.24, 2.45) is 0 Å². The third-order valence-corrected chi connectivity index (χ3v) is 4.13. The average molecular weight is 348 g/mol. The fourth-order valence-corrected chi connectivity index (χ4v) is 2.38. The summed E-state index contributed by atoms with van der Waals surface area (Å²) in [6.07, 6.45) is 0.768. The number of nitrogens with one attached hydrogen (secondary N) is 1. The minimum Gasteiger partial charge on any atom is -0.384 e. The predicted molar refractivity (Wildman–Crippen MR) is 88.9 cm³/mol. The second-order valence-electron chi connectivity index (χ2n) is 4.82. The van der Waals surface area contributed by atoms with Crippen LogP contribution in [0.2, 0.25) is 0 Å². The summed E-state index contributed by atoms with van der Waals surface area (Å²) in [7, 11) is 1.67. The molecular formula is C17H18BrNO2. The van der Waals surface area contributed by atoms with E-state index in [1.165, 1.54) is 0 Å². The lowest BCUT2D eigenvalue weighted by atomic mass is 10.1. The highest BCUT2D eigenvalue weighted by Crippen LogP contribution is 2.20. The van der Waals surface area contributed by atoms with Gasteiger partial charge in [0.25, 0.3) is 5.91 Å². The fraction of sp³-hybridized carbons (Fsp3) is 0.235. The number of halogens is 1. The Labute approximate surface area is 133 Å². The maximum absolute atomic E-state index is 12.3. The molecule has 0 aromatic heterocycles. The summed E-state index contributed by atoms with van der Waals surface area (Å²) >= 11 is 3.45. The lowest BCUT2D eigenvalue weighted by Gasteiger charge is -2.11. The number of benzene rings is 2. The molecule has 0 bridgehead atoms. The first-order chi connectivity index (χ1) is 10.1. The van der Waals surface area contributed by atoms with Crippen LogP contribution in [-0.2, 0) is 11.2 Å². The second kappa shape index (κ2) is 7.38. The Kier molecular flexibility index (Phi) is 5.53. The SMILES string of the molecule is COCCc1ccccc1NC(=O)c1ccc(C)c(Br)c1. The quantitative estimate of drug-likeness (QED) is 0.880. The van der Waals surface area contributed by atoms with Crippen LogP contribution >= 0.6 is 15.9 Å². The largest absolute Gasteiger partial charge is 0.384 e. The number of hydrogen-bond acceptors (Lipinski definition) is 2. The van der Waals surface area contributed by atoms with Gasteiger partial charge in [-0.05, 0) is 42.7 Å². The van der Waals surface area contributed by atoms with Crippen molar-refractivity contribution in [3.05, 3.63) is 63.6 Å². The van der Waals surface area contributed by atoms with Gasteiger partial charge in [0.05, 0.1) is 6.61 Å². The first kappa shape index (κ1) is 15.7. The van der Waals surface area contributed by atoms with Crippen molar-refractivity contribution in [3.63, 3.8) is 0 Å². The molecule has 2 rings (SSSR count). The number of para-hydroxylation sites is 1. The molecular weight excluding hydrogens is 330 g/mol. The van der Waals surface area contributed by atoms with Gasteiger partial charge in [0.15, 0.2) is 0 Å². The van der Waals surface area contributed by atoms with E-state index < -0.39 is 0 Å². The maximum Gasteiger partial charge on any atom is 0.255 e. The molecule has 2 aromatic rings. The van der Waals surface area contributed by atoms with E-state index in [0.717, 1.165) is 27.7 Å². The Hall–Kier alpha value is -1.65. The van der Waals surface area contributed by atoms with E-state index in [0.29, 0.717) is 12.2 Å². The number of hydrogen-bond donors (Lipinski definition) is 1. The Morgan fingerprint density at radius 2 is 2.00 bits per heavy atom. The number of methoxy groups -OCH3 is 1. The Bertz CT molecular complexity index is 640. The first-order valence-electron chi connectivity index (χ1n) is 6.76. The molecule has 0 spiro atoms. The summed E-state index contributed by atoms with van der Waals surface area (Å²) in [6.45, 7) is 2.62. The van der Waals surface area contributed by atoms with Crippen molar-refractivity contribution < 1.29 is 9.53 Å². The molecule has 1 N–H and O–H groups in total. The van der Waals surface area contributed by atoms with Crippen molar-refractivity contribution in [3.8, 4) is 0 Å². The van der Waals surface area contributed by atoms with Crippen molar-refractivity contribution in [2.45, 2.75) is 13.3 Å². The van der Waals surface area contributed by atoms with Gasteiger partial charge in [0, 0.05) is 22.8 Å². The topological polar surface area (TPSA) is 38.3 Å². The molecule has 1 amide bonds. The fourth-order valence-electron chi connectivity index (χ4n) is 2.00. The van der Waals surface area contributed by atoms with E-state index in [-0.39, 0.29) is 5.91 Å². The number of carbonyl (C=O) groups excluding carboxylic acids is 1. The van der Waals surface area contributed by atoms with E-state index in [1.54, 1.807) is 7.11 Å². The molecule has 0 atom stereocenters. The zero-order valence-corrected chi connectivity index (χ0v) is 13.7. The normalized spacial score (nSPS) is 10.4. The summed E-state index contributed by atoms with van der Waals surface area (Å²) in [6, 6.07) is 13.4. The lowest BCUT2D eigenvalue weighted by Crippen LogP contribution is -2.14. The number of anilines is 1. The molecule has 110 valence electrons. The summed E-state index contributed by atoms with van der Waals surface area (Å²) in [5, 5.41) is 2.97. The van der Waals surface area contributed by atoms with Crippen molar-refractivity contribution in [2.75, 3.05) is 19.0 Å². The molecule has 0 aliphatic heterocycles. The van der Waals surface area contributed by atoms with Gasteiger partial charge in [-0.15, -0.1) is 0 Å². The van der Waals surface area contributed by atoms with E-state index >= 15 is 0 Å². The van der Waals surface area contributed by atoms with Gasteiger partial charge >= 0.3 is 0 Å². The number of rotatable bonds is 5. The minimum atomic E-state index is -0.111. The van der Waals surface area contributed by atoms with Crippen LogP contribution in [0.15, 0.2) is 46.9 Å². The van der Waals surface area contributed by atoms with E-state index in [1.807, 2.05) is 49.4 Å². The number of ether oxygens (including phenoxy) is 1. The highest BCUT2D eigenvalue weighted by Gasteiger charge is 2.10. The van der Waals surface area contributed by atoms with Gasteiger partial charge in [-0.25, -0.2) is 0 Å². The van der Waals surface area contributed by atoms with Crippen LogP contribution in [0.4, 0.5) is 5.69 Å². The highest BCUT2D eigenvalue weighted by molar-refractivity contribution is 9.10. The molecule has 3 nitrogen and oxygen atoms in total. The third-order valence-electron chi connectivity index (χ3n) is 3.28. The summed E-state index contributed by atoms with van der Waals surface area (Å²) in [5.41, 5.74) is 3.64. The van der Waals surface area contributed by atoms with Crippen molar-refractivity contribution >= 4 is 27.5 Å². The van der Waals surface area contributed by atoms with Gasteiger partial charge in [-0.1, -0.05) is 40.2 Å². The van der Waals surface area contributed by atoms with Crippen LogP contribution in [0.3, 0.4) is 0 Å². The molecule has 2 aromatic carbocycles. The number of amides is 1. The number of aryl methyl sites for hydroxylation is 1. The molecule has 0 aliphatic rings. The van der Waals surface area contributed by atoms with E-state index in [4.69, 9.17) is 4.74 Å².